The Balaban J connectivity index is 1.83. The summed E-state index contributed by atoms with van der Waals surface area (Å²) in [7, 11) is 0. The van der Waals surface area contributed by atoms with Gasteiger partial charge in [-0.2, -0.15) is 5.10 Å². The van der Waals surface area contributed by atoms with Gasteiger partial charge in [0.25, 0.3) is 5.91 Å². The van der Waals surface area contributed by atoms with Crippen molar-refractivity contribution < 1.29 is 9.18 Å². The number of benzene rings is 2. The molecule has 24 heavy (non-hydrogen) atoms. The molecule has 1 amide bonds. The second kappa shape index (κ2) is 6.89. The van der Waals surface area contributed by atoms with Crippen LogP contribution in [-0.4, -0.2) is 12.1 Å². The van der Waals surface area contributed by atoms with E-state index in [1.165, 1.54) is 29.7 Å². The number of fused-ring (bicyclic) bond motifs is 1. The summed E-state index contributed by atoms with van der Waals surface area (Å²) in [4.78, 5) is 12.6. The van der Waals surface area contributed by atoms with E-state index in [9.17, 15) is 9.18 Å². The standard InChI is InChI=1S/C17H11Cl2FN2OS/c1-9-5-6-10-14(7-9)24-16(15(10)19)17(23)22-21-8-11-12(18)3-2-4-13(11)20/h2-8H,1H3,(H,22,23). The topological polar surface area (TPSA) is 41.5 Å². The van der Waals surface area contributed by atoms with Crippen LogP contribution >= 0.6 is 34.5 Å². The molecule has 0 radical (unpaired) electrons. The Morgan fingerprint density at radius 2 is 2.08 bits per heavy atom. The number of carbonyl (C=O) groups is 1. The number of amides is 1. The van der Waals surface area contributed by atoms with Gasteiger partial charge in [-0.3, -0.25) is 4.79 Å². The van der Waals surface area contributed by atoms with Gasteiger partial charge in [-0.25, -0.2) is 9.82 Å². The average Bonchev–Trinajstić information content (AvgIpc) is 2.86. The second-order valence-corrected chi connectivity index (χ2v) is 6.92. The van der Waals surface area contributed by atoms with Crippen LogP contribution in [0.15, 0.2) is 41.5 Å². The van der Waals surface area contributed by atoms with Crippen LogP contribution in [0.25, 0.3) is 10.1 Å². The van der Waals surface area contributed by atoms with E-state index in [0.717, 1.165) is 15.6 Å². The lowest BCUT2D eigenvalue weighted by atomic mass is 10.2. The van der Waals surface area contributed by atoms with Crippen LogP contribution in [0, 0.1) is 12.7 Å². The number of nitrogens with one attached hydrogen (secondary N) is 1. The van der Waals surface area contributed by atoms with Gasteiger partial charge in [-0.1, -0.05) is 41.4 Å². The summed E-state index contributed by atoms with van der Waals surface area (Å²) in [6.45, 7) is 1.97. The predicted octanol–water partition coefficient (Wildman–Crippen LogP) is 5.42. The van der Waals surface area contributed by atoms with Gasteiger partial charge in [0.05, 0.1) is 16.3 Å². The summed E-state index contributed by atoms with van der Waals surface area (Å²) < 4.78 is 14.6. The first-order chi connectivity index (χ1) is 11.5. The molecule has 2 aromatic carbocycles. The highest BCUT2D eigenvalue weighted by atomic mass is 35.5. The molecule has 3 nitrogen and oxygen atoms in total. The molecule has 1 N–H and O–H groups in total. The van der Waals surface area contributed by atoms with E-state index in [1.807, 2.05) is 25.1 Å². The zero-order valence-corrected chi connectivity index (χ0v) is 14.8. The summed E-state index contributed by atoms with van der Waals surface area (Å²) in [5.41, 5.74) is 3.54. The summed E-state index contributed by atoms with van der Waals surface area (Å²) in [6.07, 6.45) is 1.17. The number of hydrogen-bond acceptors (Lipinski definition) is 3. The lowest BCUT2D eigenvalue weighted by Gasteiger charge is -2.00. The quantitative estimate of drug-likeness (QED) is 0.478. The zero-order valence-electron chi connectivity index (χ0n) is 12.4. The molecule has 1 heterocycles. The number of aryl methyl sites for hydroxylation is 1. The molecule has 1 aromatic heterocycles. The SMILES string of the molecule is Cc1ccc2c(Cl)c(C(=O)NN=Cc3c(F)cccc3Cl)sc2c1. The Labute approximate surface area is 151 Å². The number of thiophene rings is 1. The Bertz CT molecular complexity index is 948. The smallest absolute Gasteiger partial charge is 0.266 e. The van der Waals surface area contributed by atoms with Crippen molar-refractivity contribution >= 4 is 56.7 Å². The van der Waals surface area contributed by atoms with Crippen LogP contribution in [0.1, 0.15) is 20.8 Å². The molecule has 0 saturated heterocycles. The maximum atomic E-state index is 13.6. The van der Waals surface area contributed by atoms with Crippen molar-refractivity contribution in [3.8, 4) is 0 Å². The molecule has 0 aliphatic rings. The van der Waals surface area contributed by atoms with Crippen molar-refractivity contribution in [2.75, 3.05) is 0 Å². The van der Waals surface area contributed by atoms with Crippen LogP contribution < -0.4 is 5.43 Å². The van der Waals surface area contributed by atoms with E-state index in [-0.39, 0.29) is 10.6 Å². The van der Waals surface area contributed by atoms with Gasteiger partial charge in [0.2, 0.25) is 0 Å². The summed E-state index contributed by atoms with van der Waals surface area (Å²) >= 11 is 13.4. The third kappa shape index (κ3) is 3.29. The monoisotopic (exact) mass is 380 g/mol. The molecular weight excluding hydrogens is 370 g/mol. The van der Waals surface area contributed by atoms with Crippen molar-refractivity contribution in [3.63, 3.8) is 0 Å². The molecule has 122 valence electrons. The zero-order chi connectivity index (χ0) is 17.3. The van der Waals surface area contributed by atoms with E-state index in [4.69, 9.17) is 23.2 Å². The van der Waals surface area contributed by atoms with E-state index < -0.39 is 11.7 Å². The van der Waals surface area contributed by atoms with Gasteiger partial charge in [0.15, 0.2) is 0 Å². The molecule has 0 spiro atoms. The molecule has 0 aliphatic carbocycles. The van der Waals surface area contributed by atoms with Gasteiger partial charge < -0.3 is 0 Å². The molecule has 0 atom stereocenters. The first-order valence-electron chi connectivity index (χ1n) is 6.93. The molecule has 0 unspecified atom stereocenters. The number of halogens is 3. The lowest BCUT2D eigenvalue weighted by molar-refractivity contribution is 0.0959. The number of nitrogens with zero attached hydrogens (tertiary/aromatic N) is 1. The Hall–Kier alpha value is -1.95. The Kier molecular flexibility index (Phi) is 4.85. The van der Waals surface area contributed by atoms with Crippen LogP contribution in [-0.2, 0) is 0 Å². The highest BCUT2D eigenvalue weighted by molar-refractivity contribution is 7.21. The van der Waals surface area contributed by atoms with E-state index in [1.54, 1.807) is 6.07 Å². The number of rotatable bonds is 3. The maximum absolute atomic E-state index is 13.6. The fourth-order valence-corrected chi connectivity index (χ4v) is 3.88. The predicted molar refractivity (Wildman–Crippen MR) is 98.0 cm³/mol. The minimum atomic E-state index is -0.518. The van der Waals surface area contributed by atoms with Crippen molar-refractivity contribution in [2.45, 2.75) is 6.92 Å². The van der Waals surface area contributed by atoms with Gasteiger partial charge in [-0.15, -0.1) is 11.3 Å². The number of hydrazone groups is 1. The second-order valence-electron chi connectivity index (χ2n) is 5.08. The van der Waals surface area contributed by atoms with E-state index in [0.29, 0.717) is 9.90 Å². The molecule has 0 fully saturated rings. The van der Waals surface area contributed by atoms with Crippen LogP contribution in [0.4, 0.5) is 4.39 Å². The van der Waals surface area contributed by atoms with Crippen molar-refractivity contribution in [1.82, 2.24) is 5.43 Å². The summed E-state index contributed by atoms with van der Waals surface area (Å²) in [6, 6.07) is 10.1. The summed E-state index contributed by atoms with van der Waals surface area (Å²) in [5.74, 6) is -0.974. The largest absolute Gasteiger partial charge is 0.283 e. The van der Waals surface area contributed by atoms with Crippen molar-refractivity contribution in [3.05, 3.63) is 68.3 Å². The van der Waals surface area contributed by atoms with E-state index >= 15 is 0 Å². The normalized spacial score (nSPS) is 11.3. The number of hydrogen-bond donors (Lipinski definition) is 1. The summed E-state index contributed by atoms with van der Waals surface area (Å²) in [5, 5.41) is 5.18. The molecule has 0 bridgehead atoms. The van der Waals surface area contributed by atoms with Gasteiger partial charge in [-0.05, 0) is 30.7 Å². The highest BCUT2D eigenvalue weighted by Crippen LogP contribution is 2.35. The van der Waals surface area contributed by atoms with Crippen molar-refractivity contribution in [2.24, 2.45) is 5.10 Å². The fourth-order valence-electron chi connectivity index (χ4n) is 2.16. The molecule has 3 aromatic rings. The molecule has 0 saturated carbocycles. The maximum Gasteiger partial charge on any atom is 0.283 e. The molecule has 7 heteroatoms. The molecular formula is C17H11Cl2FN2OS. The molecule has 0 aliphatic heterocycles. The fraction of sp³-hybridized carbons (Fsp3) is 0.0588. The Morgan fingerprint density at radius 1 is 1.29 bits per heavy atom. The Morgan fingerprint density at radius 3 is 2.83 bits per heavy atom. The van der Waals surface area contributed by atoms with Crippen LogP contribution in [0.2, 0.25) is 10.0 Å². The van der Waals surface area contributed by atoms with E-state index in [2.05, 4.69) is 10.5 Å². The first-order valence-corrected chi connectivity index (χ1v) is 8.50. The lowest BCUT2D eigenvalue weighted by Crippen LogP contribution is -2.16. The van der Waals surface area contributed by atoms with Crippen LogP contribution in [0.5, 0.6) is 0 Å². The average molecular weight is 381 g/mol. The van der Waals surface area contributed by atoms with Gasteiger partial charge in [0, 0.05) is 15.6 Å². The third-order valence-corrected chi connectivity index (χ3v) is 5.34. The molecule has 3 rings (SSSR count). The third-order valence-electron chi connectivity index (χ3n) is 3.35. The van der Waals surface area contributed by atoms with Crippen molar-refractivity contribution in [1.29, 1.82) is 0 Å². The minimum absolute atomic E-state index is 0.109. The van der Waals surface area contributed by atoms with Crippen LogP contribution in [0.3, 0.4) is 0 Å². The van der Waals surface area contributed by atoms with Gasteiger partial charge >= 0.3 is 0 Å². The minimum Gasteiger partial charge on any atom is -0.266 e. The van der Waals surface area contributed by atoms with Gasteiger partial charge in [0.1, 0.15) is 10.7 Å². The highest BCUT2D eigenvalue weighted by Gasteiger charge is 2.16. The number of carbonyl (C=O) groups excluding carboxylic acids is 1. The first kappa shape index (κ1) is 16.9.